The van der Waals surface area contributed by atoms with Crippen LogP contribution in [0.15, 0.2) is 41.5 Å². The van der Waals surface area contributed by atoms with Crippen molar-refractivity contribution in [3.8, 4) is 0 Å². The van der Waals surface area contributed by atoms with Crippen molar-refractivity contribution in [1.82, 2.24) is 4.90 Å². The third-order valence-corrected chi connectivity index (χ3v) is 11.7. The number of carbonyl (C=O) groups excluding carboxylic acids is 1. The molecule has 0 aromatic heterocycles. The molecule has 1 spiro atoms. The van der Waals surface area contributed by atoms with E-state index in [9.17, 15) is 9.90 Å². The molecule has 228 valence electrons. The zero-order valence-corrected chi connectivity index (χ0v) is 26.5. The van der Waals surface area contributed by atoms with Crippen molar-refractivity contribution in [3.63, 3.8) is 0 Å². The molecule has 1 aromatic carbocycles. The summed E-state index contributed by atoms with van der Waals surface area (Å²) in [7, 11) is 0. The highest BCUT2D eigenvalue weighted by Gasteiger charge is 2.57. The molecular weight excluding hydrogens is 510 g/mol. The number of ether oxygens (including phenoxy) is 2. The number of aliphatic hydroxyl groups is 1. The van der Waals surface area contributed by atoms with E-state index in [0.29, 0.717) is 29.8 Å². The minimum atomic E-state index is -0.233. The van der Waals surface area contributed by atoms with Gasteiger partial charge in [0.1, 0.15) is 6.61 Å². The summed E-state index contributed by atoms with van der Waals surface area (Å²) in [6.07, 6.45) is 10.4. The van der Waals surface area contributed by atoms with E-state index in [1.165, 1.54) is 12.0 Å². The van der Waals surface area contributed by atoms with Gasteiger partial charge in [-0.2, -0.15) is 0 Å². The highest BCUT2D eigenvalue weighted by atomic mass is 16.6. The number of rotatable bonds is 5. The number of fused-ring (bicyclic) bond motifs is 1. The number of nitrogens with zero attached hydrogens (tertiary/aromatic N) is 1. The number of allylic oxidation sites excluding steroid dienone is 1. The van der Waals surface area contributed by atoms with Crippen LogP contribution >= 0.6 is 0 Å². The van der Waals surface area contributed by atoms with Gasteiger partial charge in [0.15, 0.2) is 0 Å². The van der Waals surface area contributed by atoms with Gasteiger partial charge in [-0.15, -0.1) is 0 Å². The average molecular weight is 566 g/mol. The fraction of sp³-hybridized carbons (Fsp3) is 0.750. The maximum absolute atomic E-state index is 13.5. The molecule has 1 saturated carbocycles. The van der Waals surface area contributed by atoms with Crippen LogP contribution < -0.4 is 0 Å². The summed E-state index contributed by atoms with van der Waals surface area (Å²) in [4.78, 5) is 15.5. The Morgan fingerprint density at radius 3 is 2.51 bits per heavy atom. The quantitative estimate of drug-likeness (QED) is 0.365. The number of likely N-dealkylation sites (tertiary alicyclic amines) is 1. The van der Waals surface area contributed by atoms with E-state index in [1.807, 2.05) is 35.2 Å². The van der Waals surface area contributed by atoms with Gasteiger partial charge in [-0.1, -0.05) is 76.1 Å². The SMILES string of the molecule is C/C1=C(\C[C@@H](C)[C@]2(C)CC[C@@H](O)CC2)CC(C)CC[C@@]2(C1)O[C@@H]1C[C@H](C)CN(C(=O)OCc3ccccc3)[C@H]1[C@H]2C. The van der Waals surface area contributed by atoms with Gasteiger partial charge in [-0.3, -0.25) is 0 Å². The summed E-state index contributed by atoms with van der Waals surface area (Å²) in [5.74, 6) is 1.86. The van der Waals surface area contributed by atoms with Crippen LogP contribution in [0.4, 0.5) is 4.79 Å². The Morgan fingerprint density at radius 1 is 1.10 bits per heavy atom. The maximum atomic E-state index is 13.5. The zero-order chi connectivity index (χ0) is 29.4. The molecule has 2 aliphatic carbocycles. The van der Waals surface area contributed by atoms with E-state index in [0.717, 1.165) is 69.9 Å². The van der Waals surface area contributed by atoms with E-state index in [1.54, 1.807) is 5.57 Å². The Morgan fingerprint density at radius 2 is 1.80 bits per heavy atom. The Bertz CT molecular complexity index is 1080. The minimum Gasteiger partial charge on any atom is -0.445 e. The Balaban J connectivity index is 1.34. The van der Waals surface area contributed by atoms with Gasteiger partial charge < -0.3 is 19.5 Å². The number of piperidine rings is 1. The Hall–Kier alpha value is -1.85. The molecule has 3 fully saturated rings. The first-order valence-corrected chi connectivity index (χ1v) is 16.5. The van der Waals surface area contributed by atoms with Crippen LogP contribution in [0.2, 0.25) is 0 Å². The highest BCUT2D eigenvalue weighted by molar-refractivity contribution is 5.68. The molecule has 5 rings (SSSR count). The van der Waals surface area contributed by atoms with Gasteiger partial charge in [-0.05, 0) is 99.9 Å². The second-order valence-electron chi connectivity index (χ2n) is 14.9. The number of hydrogen-bond acceptors (Lipinski definition) is 4. The van der Waals surface area contributed by atoms with E-state index in [2.05, 4.69) is 41.5 Å². The van der Waals surface area contributed by atoms with E-state index >= 15 is 0 Å². The van der Waals surface area contributed by atoms with Crippen LogP contribution in [0.3, 0.4) is 0 Å². The molecule has 1 aromatic rings. The molecule has 2 heterocycles. The standard InChI is InChI=1S/C36H55NO4/c1-24-12-17-36(21-26(3)30(18-24)20-27(4)35(6)15-13-31(38)14-16-35)28(5)33-32(41-36)19-25(2)22-37(33)34(39)40-23-29-10-8-7-9-11-29/h7-11,24-25,27-28,31-33,38H,12-23H2,1-6H3/b30-26+/t24?,25-,27+,28+,31-,32+,33-,35-,36-/m0/s1. The molecule has 4 aliphatic rings. The Kier molecular flexibility index (Phi) is 9.26. The van der Waals surface area contributed by atoms with Crippen LogP contribution in [0, 0.1) is 29.1 Å². The van der Waals surface area contributed by atoms with Crippen molar-refractivity contribution in [2.75, 3.05) is 6.54 Å². The van der Waals surface area contributed by atoms with Gasteiger partial charge in [0, 0.05) is 12.5 Å². The molecule has 0 bridgehead atoms. The molecule has 0 radical (unpaired) electrons. The molecule has 41 heavy (non-hydrogen) atoms. The largest absolute Gasteiger partial charge is 0.445 e. The number of aliphatic hydroxyl groups excluding tert-OH is 1. The summed E-state index contributed by atoms with van der Waals surface area (Å²) < 4.78 is 13.0. The van der Waals surface area contributed by atoms with Gasteiger partial charge in [0.25, 0.3) is 0 Å². The zero-order valence-electron chi connectivity index (χ0n) is 26.5. The summed E-state index contributed by atoms with van der Waals surface area (Å²) in [5.41, 5.74) is 4.24. The highest BCUT2D eigenvalue weighted by Crippen LogP contribution is 2.52. The monoisotopic (exact) mass is 565 g/mol. The van der Waals surface area contributed by atoms with Crippen LogP contribution in [-0.4, -0.2) is 46.5 Å². The molecule has 1 N–H and O–H groups in total. The van der Waals surface area contributed by atoms with E-state index in [4.69, 9.17) is 9.47 Å². The summed E-state index contributed by atoms with van der Waals surface area (Å²) in [5, 5.41) is 10.1. The fourth-order valence-electron chi connectivity index (χ4n) is 8.66. The second kappa shape index (κ2) is 12.4. The molecule has 5 heteroatoms. The molecule has 5 nitrogen and oxygen atoms in total. The van der Waals surface area contributed by atoms with E-state index < -0.39 is 0 Å². The van der Waals surface area contributed by atoms with Crippen molar-refractivity contribution in [1.29, 1.82) is 0 Å². The first-order valence-electron chi connectivity index (χ1n) is 16.5. The van der Waals surface area contributed by atoms with Crippen molar-refractivity contribution >= 4 is 6.09 Å². The third-order valence-electron chi connectivity index (χ3n) is 11.7. The molecule has 1 unspecified atom stereocenters. The van der Waals surface area contributed by atoms with Crippen molar-refractivity contribution < 1.29 is 19.4 Å². The number of carbonyl (C=O) groups is 1. The first-order chi connectivity index (χ1) is 19.5. The van der Waals surface area contributed by atoms with Gasteiger partial charge in [0.05, 0.1) is 23.9 Å². The fourth-order valence-corrected chi connectivity index (χ4v) is 8.66. The molecular formula is C36H55NO4. The number of benzene rings is 1. The summed E-state index contributed by atoms with van der Waals surface area (Å²) >= 11 is 0. The van der Waals surface area contributed by atoms with Crippen molar-refractivity contribution in [3.05, 3.63) is 47.0 Å². The van der Waals surface area contributed by atoms with Gasteiger partial charge >= 0.3 is 6.09 Å². The van der Waals surface area contributed by atoms with Crippen LogP contribution in [0.1, 0.15) is 111 Å². The number of hydrogen-bond donors (Lipinski definition) is 1. The lowest BCUT2D eigenvalue weighted by molar-refractivity contribution is -0.0801. The van der Waals surface area contributed by atoms with Crippen LogP contribution in [0.25, 0.3) is 0 Å². The minimum absolute atomic E-state index is 0.0620. The van der Waals surface area contributed by atoms with E-state index in [-0.39, 0.29) is 35.9 Å². The predicted molar refractivity (Wildman–Crippen MR) is 164 cm³/mol. The second-order valence-corrected chi connectivity index (χ2v) is 14.9. The average Bonchev–Trinajstić information content (AvgIpc) is 3.22. The van der Waals surface area contributed by atoms with Crippen molar-refractivity contribution in [2.45, 2.75) is 136 Å². The normalized spacial score (nSPS) is 40.5. The number of amides is 1. The smallest absolute Gasteiger partial charge is 0.410 e. The summed E-state index contributed by atoms with van der Waals surface area (Å²) in [6, 6.07) is 10.0. The lowest BCUT2D eigenvalue weighted by Gasteiger charge is -2.43. The summed E-state index contributed by atoms with van der Waals surface area (Å²) in [6.45, 7) is 15.3. The molecule has 2 aliphatic heterocycles. The predicted octanol–water partition coefficient (Wildman–Crippen LogP) is 8.30. The molecule has 1 amide bonds. The van der Waals surface area contributed by atoms with Crippen LogP contribution in [0.5, 0.6) is 0 Å². The first kappa shape index (κ1) is 30.6. The van der Waals surface area contributed by atoms with Gasteiger partial charge in [-0.25, -0.2) is 4.79 Å². The lowest BCUT2D eigenvalue weighted by Crippen LogP contribution is -2.54. The maximum Gasteiger partial charge on any atom is 0.410 e. The van der Waals surface area contributed by atoms with Crippen LogP contribution in [-0.2, 0) is 16.1 Å². The third kappa shape index (κ3) is 6.56. The van der Waals surface area contributed by atoms with Crippen molar-refractivity contribution in [2.24, 2.45) is 29.1 Å². The van der Waals surface area contributed by atoms with Gasteiger partial charge in [0.2, 0.25) is 0 Å². The lowest BCUT2D eigenvalue weighted by atomic mass is 9.64. The molecule has 7 atom stereocenters. The molecule has 2 saturated heterocycles. The topological polar surface area (TPSA) is 59.0 Å². The Labute approximate surface area is 249 Å².